The topological polar surface area (TPSA) is 38.3 Å². The summed E-state index contributed by atoms with van der Waals surface area (Å²) >= 11 is 4.93. The number of hydrogen-bond acceptors (Lipinski definition) is 3. The Morgan fingerprint density at radius 1 is 1.59 bits per heavy atom. The van der Waals surface area contributed by atoms with Crippen molar-refractivity contribution in [3.05, 3.63) is 20.3 Å². The van der Waals surface area contributed by atoms with Gasteiger partial charge >= 0.3 is 0 Å². The SMILES string of the molecule is Cc1cc(C(=O)NC2CC3CCC2O3)sc1Br. The number of fused-ring (bicyclic) bond motifs is 2. The second-order valence-electron chi connectivity index (χ2n) is 4.76. The third kappa shape index (κ3) is 2.16. The third-order valence-corrected chi connectivity index (χ3v) is 5.64. The van der Waals surface area contributed by atoms with Crippen LogP contribution in [-0.2, 0) is 4.74 Å². The summed E-state index contributed by atoms with van der Waals surface area (Å²) in [5, 5.41) is 3.09. The van der Waals surface area contributed by atoms with Gasteiger partial charge in [0.2, 0.25) is 0 Å². The minimum absolute atomic E-state index is 0.0324. The van der Waals surface area contributed by atoms with Gasteiger partial charge in [0.25, 0.3) is 5.91 Å². The lowest BCUT2D eigenvalue weighted by Crippen LogP contribution is -2.41. The van der Waals surface area contributed by atoms with E-state index in [2.05, 4.69) is 21.2 Å². The van der Waals surface area contributed by atoms with Crippen LogP contribution in [0, 0.1) is 6.92 Å². The summed E-state index contributed by atoms with van der Waals surface area (Å²) in [4.78, 5) is 12.8. The molecule has 2 fully saturated rings. The summed E-state index contributed by atoms with van der Waals surface area (Å²) in [6.45, 7) is 2.00. The van der Waals surface area contributed by atoms with Gasteiger partial charge in [0, 0.05) is 0 Å². The number of carbonyl (C=O) groups is 1. The molecular weight excluding hydrogens is 302 g/mol. The summed E-state index contributed by atoms with van der Waals surface area (Å²) in [6, 6.07) is 2.14. The van der Waals surface area contributed by atoms with E-state index in [4.69, 9.17) is 4.74 Å². The zero-order valence-corrected chi connectivity index (χ0v) is 11.9. The fourth-order valence-corrected chi connectivity index (χ4v) is 4.04. The van der Waals surface area contributed by atoms with Gasteiger partial charge in [0.1, 0.15) is 0 Å². The molecule has 0 aliphatic carbocycles. The second-order valence-corrected chi connectivity index (χ2v) is 7.13. The van der Waals surface area contributed by atoms with E-state index >= 15 is 0 Å². The van der Waals surface area contributed by atoms with E-state index in [-0.39, 0.29) is 18.1 Å². The van der Waals surface area contributed by atoms with Gasteiger partial charge < -0.3 is 10.1 Å². The van der Waals surface area contributed by atoms with Crippen LogP contribution in [0.25, 0.3) is 0 Å². The van der Waals surface area contributed by atoms with Crippen molar-refractivity contribution in [3.63, 3.8) is 0 Å². The Hall–Kier alpha value is -0.390. The van der Waals surface area contributed by atoms with Gasteiger partial charge in [-0.3, -0.25) is 4.79 Å². The normalized spacial score (nSPS) is 30.8. The number of halogens is 1. The molecule has 3 nitrogen and oxygen atoms in total. The lowest BCUT2D eigenvalue weighted by atomic mass is 9.95. The summed E-state index contributed by atoms with van der Waals surface area (Å²) in [5.74, 6) is 0.0324. The Morgan fingerprint density at radius 2 is 2.41 bits per heavy atom. The maximum absolute atomic E-state index is 12.1. The molecular formula is C12H14BrNO2S. The van der Waals surface area contributed by atoms with Crippen molar-refractivity contribution in [3.8, 4) is 0 Å². The van der Waals surface area contributed by atoms with Crippen molar-refractivity contribution in [2.75, 3.05) is 0 Å². The predicted octanol–water partition coefficient (Wildman–Crippen LogP) is 2.87. The van der Waals surface area contributed by atoms with Gasteiger partial charge in [-0.15, -0.1) is 11.3 Å². The highest BCUT2D eigenvalue weighted by molar-refractivity contribution is 9.11. The first kappa shape index (κ1) is 11.7. The van der Waals surface area contributed by atoms with Crippen molar-refractivity contribution in [2.24, 2.45) is 0 Å². The quantitative estimate of drug-likeness (QED) is 0.911. The Balaban J connectivity index is 1.67. The van der Waals surface area contributed by atoms with Crippen LogP contribution in [0.15, 0.2) is 9.85 Å². The highest BCUT2D eigenvalue weighted by Crippen LogP contribution is 2.35. The molecule has 2 saturated heterocycles. The monoisotopic (exact) mass is 315 g/mol. The molecule has 2 aliphatic heterocycles. The average molecular weight is 316 g/mol. The summed E-state index contributed by atoms with van der Waals surface area (Å²) in [6.07, 6.45) is 3.83. The molecule has 2 bridgehead atoms. The molecule has 3 atom stereocenters. The second kappa shape index (κ2) is 4.37. The maximum atomic E-state index is 12.1. The van der Waals surface area contributed by atoms with Gasteiger partial charge in [-0.2, -0.15) is 0 Å². The molecule has 0 aromatic carbocycles. The predicted molar refractivity (Wildman–Crippen MR) is 70.5 cm³/mol. The number of rotatable bonds is 2. The van der Waals surface area contributed by atoms with E-state index in [1.54, 1.807) is 0 Å². The molecule has 1 aromatic heterocycles. The molecule has 17 heavy (non-hydrogen) atoms. The Bertz CT molecular complexity index is 440. The van der Waals surface area contributed by atoms with Crippen molar-refractivity contribution in [2.45, 2.75) is 44.4 Å². The molecule has 3 unspecified atom stereocenters. The molecule has 0 spiro atoms. The van der Waals surface area contributed by atoms with Crippen molar-refractivity contribution in [1.29, 1.82) is 0 Å². The first-order chi connectivity index (χ1) is 8.13. The minimum Gasteiger partial charge on any atom is -0.373 e. The van der Waals surface area contributed by atoms with Gasteiger partial charge in [-0.05, 0) is 53.7 Å². The number of carbonyl (C=O) groups excluding carboxylic acids is 1. The van der Waals surface area contributed by atoms with Crippen LogP contribution in [0.2, 0.25) is 0 Å². The van der Waals surface area contributed by atoms with E-state index < -0.39 is 0 Å². The molecule has 2 aliphatic rings. The van der Waals surface area contributed by atoms with Crippen LogP contribution >= 0.6 is 27.3 Å². The lowest BCUT2D eigenvalue weighted by Gasteiger charge is -2.19. The molecule has 3 heterocycles. The first-order valence-corrected chi connectivity index (χ1v) is 7.46. The number of hydrogen-bond donors (Lipinski definition) is 1. The zero-order valence-electron chi connectivity index (χ0n) is 9.53. The van der Waals surface area contributed by atoms with E-state index in [0.29, 0.717) is 6.10 Å². The van der Waals surface area contributed by atoms with Gasteiger partial charge in [0.15, 0.2) is 0 Å². The average Bonchev–Trinajstić information content (AvgIpc) is 2.95. The van der Waals surface area contributed by atoms with Crippen LogP contribution < -0.4 is 5.32 Å². The van der Waals surface area contributed by atoms with Crippen molar-refractivity contribution >= 4 is 33.2 Å². The standard InChI is InChI=1S/C12H14BrNO2S/c1-6-4-10(17-11(6)13)12(15)14-8-5-7-2-3-9(8)16-7/h4,7-9H,2-3,5H2,1H3,(H,14,15). The minimum atomic E-state index is 0.0324. The molecule has 1 amide bonds. The van der Waals surface area contributed by atoms with Gasteiger partial charge in [-0.25, -0.2) is 0 Å². The van der Waals surface area contributed by atoms with Gasteiger partial charge in [-0.1, -0.05) is 0 Å². The van der Waals surface area contributed by atoms with Crippen LogP contribution in [0.4, 0.5) is 0 Å². The Morgan fingerprint density at radius 3 is 2.94 bits per heavy atom. The van der Waals surface area contributed by atoms with E-state index in [1.165, 1.54) is 11.3 Å². The Kier molecular flexibility index (Phi) is 3.00. The van der Waals surface area contributed by atoms with Crippen LogP contribution in [0.5, 0.6) is 0 Å². The van der Waals surface area contributed by atoms with E-state index in [0.717, 1.165) is 33.5 Å². The molecule has 1 aromatic rings. The van der Waals surface area contributed by atoms with Crippen LogP contribution in [0.1, 0.15) is 34.5 Å². The van der Waals surface area contributed by atoms with Crippen molar-refractivity contribution < 1.29 is 9.53 Å². The van der Waals surface area contributed by atoms with E-state index in [9.17, 15) is 4.79 Å². The summed E-state index contributed by atoms with van der Waals surface area (Å²) < 4.78 is 6.76. The van der Waals surface area contributed by atoms with Crippen LogP contribution in [0.3, 0.4) is 0 Å². The fraction of sp³-hybridized carbons (Fsp3) is 0.583. The smallest absolute Gasteiger partial charge is 0.261 e. The first-order valence-electron chi connectivity index (χ1n) is 5.86. The molecule has 1 N–H and O–H groups in total. The number of amides is 1. The molecule has 0 radical (unpaired) electrons. The van der Waals surface area contributed by atoms with E-state index in [1.807, 2.05) is 13.0 Å². The molecule has 5 heteroatoms. The molecule has 3 rings (SSSR count). The largest absolute Gasteiger partial charge is 0.373 e. The number of ether oxygens (including phenoxy) is 1. The number of aryl methyl sites for hydroxylation is 1. The number of nitrogens with one attached hydrogen (secondary N) is 1. The van der Waals surface area contributed by atoms with Gasteiger partial charge in [0.05, 0.1) is 26.9 Å². The summed E-state index contributed by atoms with van der Waals surface area (Å²) in [5.41, 5.74) is 1.12. The van der Waals surface area contributed by atoms with Crippen molar-refractivity contribution in [1.82, 2.24) is 5.32 Å². The summed E-state index contributed by atoms with van der Waals surface area (Å²) in [7, 11) is 0. The zero-order chi connectivity index (χ0) is 12.0. The maximum Gasteiger partial charge on any atom is 0.261 e. The molecule has 0 saturated carbocycles. The van der Waals surface area contributed by atoms with Crippen LogP contribution in [-0.4, -0.2) is 24.2 Å². The highest BCUT2D eigenvalue weighted by atomic mass is 79.9. The fourth-order valence-electron chi connectivity index (χ4n) is 2.60. The Labute approximate surface area is 113 Å². The molecule has 92 valence electrons. The lowest BCUT2D eigenvalue weighted by molar-refractivity contribution is 0.0843. The third-order valence-electron chi connectivity index (χ3n) is 3.50. The highest BCUT2D eigenvalue weighted by Gasteiger charge is 2.41. The number of thiophene rings is 1.